The molecule has 0 aliphatic heterocycles. The summed E-state index contributed by atoms with van der Waals surface area (Å²) in [5.74, 6) is -0.277. The highest BCUT2D eigenvalue weighted by atomic mass is 35.5. The van der Waals surface area contributed by atoms with E-state index in [1.807, 2.05) is 0 Å². The molecule has 2 rings (SSSR count). The summed E-state index contributed by atoms with van der Waals surface area (Å²) in [4.78, 5) is 22.6. The van der Waals surface area contributed by atoms with E-state index in [1.165, 1.54) is 6.07 Å². The highest BCUT2D eigenvalue weighted by Gasteiger charge is 2.06. The number of amides is 1. The molecule has 0 atom stereocenters. The summed E-state index contributed by atoms with van der Waals surface area (Å²) in [5.41, 5.74) is 1.51. The van der Waals surface area contributed by atoms with Crippen molar-refractivity contribution in [1.82, 2.24) is 0 Å². The minimum atomic E-state index is -0.277. The van der Waals surface area contributed by atoms with Gasteiger partial charge in [-0.25, -0.2) is 0 Å². The fourth-order valence-corrected chi connectivity index (χ4v) is 1.71. The van der Waals surface area contributed by atoms with Gasteiger partial charge in [0.05, 0.1) is 0 Å². The van der Waals surface area contributed by atoms with E-state index in [9.17, 15) is 9.59 Å². The molecule has 90 valence electrons. The van der Waals surface area contributed by atoms with E-state index in [0.717, 1.165) is 0 Å². The first-order valence-corrected chi connectivity index (χ1v) is 5.69. The molecule has 2 aromatic rings. The normalized spacial score (nSPS) is 9.83. The molecule has 3 nitrogen and oxygen atoms in total. The summed E-state index contributed by atoms with van der Waals surface area (Å²) < 4.78 is 0. The predicted octanol–water partition coefficient (Wildman–Crippen LogP) is 3.40. The van der Waals surface area contributed by atoms with Crippen LogP contribution in [0.1, 0.15) is 20.7 Å². The Labute approximate surface area is 109 Å². The second kappa shape index (κ2) is 5.47. The van der Waals surface area contributed by atoms with E-state index >= 15 is 0 Å². The van der Waals surface area contributed by atoms with Crippen molar-refractivity contribution in [3.63, 3.8) is 0 Å². The zero-order chi connectivity index (χ0) is 13.0. The van der Waals surface area contributed by atoms with Crippen LogP contribution in [0.25, 0.3) is 0 Å². The van der Waals surface area contributed by atoms with Crippen molar-refractivity contribution in [3.05, 3.63) is 64.7 Å². The Bertz CT molecular complexity index is 596. The molecule has 0 spiro atoms. The number of nitrogens with one attached hydrogen (secondary N) is 1. The number of benzene rings is 2. The first-order chi connectivity index (χ1) is 8.69. The molecule has 0 aliphatic carbocycles. The smallest absolute Gasteiger partial charge is 0.255 e. The number of anilines is 1. The monoisotopic (exact) mass is 259 g/mol. The number of carbonyl (C=O) groups is 2. The van der Waals surface area contributed by atoms with Gasteiger partial charge < -0.3 is 5.32 Å². The SMILES string of the molecule is O=Cc1cccc(C(=O)Nc2cccc(Cl)c2)c1. The number of rotatable bonds is 3. The summed E-state index contributed by atoms with van der Waals surface area (Å²) in [6.45, 7) is 0. The lowest BCUT2D eigenvalue weighted by Crippen LogP contribution is -2.12. The lowest BCUT2D eigenvalue weighted by Gasteiger charge is -2.05. The summed E-state index contributed by atoms with van der Waals surface area (Å²) in [7, 11) is 0. The van der Waals surface area contributed by atoms with Crippen molar-refractivity contribution in [1.29, 1.82) is 0 Å². The van der Waals surface area contributed by atoms with Crippen molar-refractivity contribution in [2.45, 2.75) is 0 Å². The number of hydrogen-bond acceptors (Lipinski definition) is 2. The Morgan fingerprint density at radius 2 is 1.89 bits per heavy atom. The molecule has 0 aromatic heterocycles. The topological polar surface area (TPSA) is 46.2 Å². The van der Waals surface area contributed by atoms with Crippen molar-refractivity contribution >= 4 is 29.5 Å². The Balaban J connectivity index is 2.19. The standard InChI is InChI=1S/C14H10ClNO2/c15-12-5-2-6-13(8-12)16-14(18)11-4-1-3-10(7-11)9-17/h1-9H,(H,16,18). The Hall–Kier alpha value is -2.13. The fraction of sp³-hybridized carbons (Fsp3) is 0. The van der Waals surface area contributed by atoms with Gasteiger partial charge >= 0.3 is 0 Å². The molecule has 1 amide bonds. The molecule has 0 fully saturated rings. The Morgan fingerprint density at radius 1 is 1.11 bits per heavy atom. The van der Waals surface area contributed by atoms with Gasteiger partial charge in [-0.05, 0) is 30.3 Å². The quantitative estimate of drug-likeness (QED) is 0.859. The van der Waals surface area contributed by atoms with Crippen LogP contribution in [0.4, 0.5) is 5.69 Å². The first kappa shape index (κ1) is 12.3. The third kappa shape index (κ3) is 2.96. The molecule has 0 heterocycles. The third-order valence-electron chi connectivity index (χ3n) is 2.37. The molecular formula is C14H10ClNO2. The van der Waals surface area contributed by atoms with Gasteiger partial charge in [0.25, 0.3) is 5.91 Å². The molecule has 4 heteroatoms. The van der Waals surface area contributed by atoms with Crippen molar-refractivity contribution in [2.75, 3.05) is 5.32 Å². The number of halogens is 1. The molecular weight excluding hydrogens is 250 g/mol. The molecule has 0 bridgehead atoms. The summed E-state index contributed by atoms with van der Waals surface area (Å²) in [6.07, 6.45) is 0.705. The second-order valence-electron chi connectivity index (χ2n) is 3.71. The average Bonchev–Trinajstić information content (AvgIpc) is 2.39. The molecule has 2 aromatic carbocycles. The van der Waals surface area contributed by atoms with Crippen molar-refractivity contribution in [2.24, 2.45) is 0 Å². The maximum Gasteiger partial charge on any atom is 0.255 e. The molecule has 0 unspecified atom stereocenters. The second-order valence-corrected chi connectivity index (χ2v) is 4.14. The highest BCUT2D eigenvalue weighted by molar-refractivity contribution is 6.30. The summed E-state index contributed by atoms with van der Waals surface area (Å²) in [5, 5.41) is 3.26. The zero-order valence-corrected chi connectivity index (χ0v) is 10.1. The van der Waals surface area contributed by atoms with E-state index in [-0.39, 0.29) is 5.91 Å². The molecule has 0 saturated heterocycles. The van der Waals surface area contributed by atoms with Crippen LogP contribution in [0.15, 0.2) is 48.5 Å². The first-order valence-electron chi connectivity index (χ1n) is 5.31. The molecule has 1 N–H and O–H groups in total. The number of hydrogen-bond donors (Lipinski definition) is 1. The van der Waals surface area contributed by atoms with Gasteiger partial charge in [-0.3, -0.25) is 9.59 Å². The van der Waals surface area contributed by atoms with Crippen LogP contribution in [0.5, 0.6) is 0 Å². The average molecular weight is 260 g/mol. The summed E-state index contributed by atoms with van der Waals surface area (Å²) in [6, 6.07) is 13.4. The van der Waals surface area contributed by atoms with Gasteiger partial charge in [-0.2, -0.15) is 0 Å². The van der Waals surface area contributed by atoms with Gasteiger partial charge in [-0.15, -0.1) is 0 Å². The van der Waals surface area contributed by atoms with E-state index in [0.29, 0.717) is 28.1 Å². The van der Waals surface area contributed by atoms with Gasteiger partial charge in [-0.1, -0.05) is 29.8 Å². The fourth-order valence-electron chi connectivity index (χ4n) is 1.52. The van der Waals surface area contributed by atoms with Gasteiger partial charge in [0.1, 0.15) is 6.29 Å². The van der Waals surface area contributed by atoms with Crippen molar-refractivity contribution in [3.8, 4) is 0 Å². The highest BCUT2D eigenvalue weighted by Crippen LogP contribution is 2.16. The molecule has 0 saturated carbocycles. The Kier molecular flexibility index (Phi) is 3.75. The largest absolute Gasteiger partial charge is 0.322 e. The van der Waals surface area contributed by atoms with Crippen LogP contribution < -0.4 is 5.32 Å². The van der Waals surface area contributed by atoms with Crippen LogP contribution in [0, 0.1) is 0 Å². The number of aldehydes is 1. The van der Waals surface area contributed by atoms with E-state index in [1.54, 1.807) is 42.5 Å². The lowest BCUT2D eigenvalue weighted by atomic mass is 10.1. The van der Waals surface area contributed by atoms with Gasteiger partial charge in [0, 0.05) is 21.8 Å². The van der Waals surface area contributed by atoms with E-state index < -0.39 is 0 Å². The maximum absolute atomic E-state index is 11.9. The molecule has 0 radical (unpaired) electrons. The van der Waals surface area contributed by atoms with Crippen LogP contribution in [-0.2, 0) is 0 Å². The summed E-state index contributed by atoms with van der Waals surface area (Å²) >= 11 is 5.82. The predicted molar refractivity (Wildman–Crippen MR) is 71.2 cm³/mol. The van der Waals surface area contributed by atoms with Crippen LogP contribution in [0.3, 0.4) is 0 Å². The minimum absolute atomic E-state index is 0.277. The zero-order valence-electron chi connectivity index (χ0n) is 9.39. The molecule has 0 aliphatic rings. The van der Waals surface area contributed by atoms with Crippen LogP contribution in [-0.4, -0.2) is 12.2 Å². The van der Waals surface area contributed by atoms with Crippen LogP contribution in [0.2, 0.25) is 5.02 Å². The molecule has 18 heavy (non-hydrogen) atoms. The number of carbonyl (C=O) groups excluding carboxylic acids is 2. The Morgan fingerprint density at radius 3 is 2.61 bits per heavy atom. The maximum atomic E-state index is 11.9. The van der Waals surface area contributed by atoms with Gasteiger partial charge in [0.2, 0.25) is 0 Å². The van der Waals surface area contributed by atoms with Gasteiger partial charge in [0.15, 0.2) is 0 Å². The van der Waals surface area contributed by atoms with E-state index in [4.69, 9.17) is 11.6 Å². The van der Waals surface area contributed by atoms with Crippen molar-refractivity contribution < 1.29 is 9.59 Å². The third-order valence-corrected chi connectivity index (χ3v) is 2.60. The van der Waals surface area contributed by atoms with Crippen LogP contribution >= 0.6 is 11.6 Å². The lowest BCUT2D eigenvalue weighted by molar-refractivity contribution is 0.102. The minimum Gasteiger partial charge on any atom is -0.322 e. The van der Waals surface area contributed by atoms with E-state index in [2.05, 4.69) is 5.32 Å².